The molecule has 4 nitrogen and oxygen atoms in total. The molecule has 0 N–H and O–H groups in total. The Bertz CT molecular complexity index is 1050. The molecular weight excluding hydrogens is 362 g/mol. The second kappa shape index (κ2) is 7.26. The van der Waals surface area contributed by atoms with Gasteiger partial charge in [-0.25, -0.2) is 4.98 Å². The Morgan fingerprint density at radius 3 is 2.96 bits per heavy atom. The van der Waals surface area contributed by atoms with E-state index in [4.69, 9.17) is 10.2 Å². The summed E-state index contributed by atoms with van der Waals surface area (Å²) in [6, 6.07) is 11.8. The fourth-order valence-electron chi connectivity index (χ4n) is 3.46. The third kappa shape index (κ3) is 3.06. The topological polar surface area (TPSA) is 58.7 Å². The second-order valence-electron chi connectivity index (χ2n) is 6.66. The van der Waals surface area contributed by atoms with Crippen LogP contribution >= 0.6 is 23.1 Å². The monoisotopic (exact) mass is 381 g/mol. The molecule has 4 rings (SSSR count). The molecule has 0 saturated heterocycles. The van der Waals surface area contributed by atoms with Crippen molar-refractivity contribution < 1.29 is 0 Å². The molecule has 6 heteroatoms. The van der Waals surface area contributed by atoms with Crippen molar-refractivity contribution in [3.8, 4) is 11.8 Å². The average molecular weight is 382 g/mol. The molecule has 1 aliphatic rings. The zero-order chi connectivity index (χ0) is 18.1. The summed E-state index contributed by atoms with van der Waals surface area (Å²) in [6.45, 7) is 2.27. The molecule has 1 atom stereocenters. The SMILES string of the molecule is C[C@@H]1CCc2c(sc3nc(SCCC#N)n(-c4ccccc4)c(=O)c23)C1. The van der Waals surface area contributed by atoms with Crippen LogP contribution in [0.25, 0.3) is 15.9 Å². The number of rotatable bonds is 4. The Balaban J connectivity index is 1.94. The zero-order valence-corrected chi connectivity index (χ0v) is 16.2. The number of hydrogen-bond acceptors (Lipinski definition) is 5. The first kappa shape index (κ1) is 17.3. The Morgan fingerprint density at radius 1 is 1.38 bits per heavy atom. The molecule has 132 valence electrons. The van der Waals surface area contributed by atoms with Gasteiger partial charge in [0.15, 0.2) is 5.16 Å². The lowest BCUT2D eigenvalue weighted by Crippen LogP contribution is -2.22. The van der Waals surface area contributed by atoms with Gasteiger partial charge in [-0.3, -0.25) is 9.36 Å². The van der Waals surface area contributed by atoms with Crippen molar-refractivity contribution in [1.29, 1.82) is 5.26 Å². The number of benzene rings is 1. The molecule has 26 heavy (non-hydrogen) atoms. The quantitative estimate of drug-likeness (QED) is 0.377. The van der Waals surface area contributed by atoms with Gasteiger partial charge in [-0.15, -0.1) is 11.3 Å². The fourth-order valence-corrected chi connectivity index (χ4v) is 5.74. The van der Waals surface area contributed by atoms with Crippen LogP contribution in [0.5, 0.6) is 0 Å². The number of fused-ring (bicyclic) bond motifs is 3. The summed E-state index contributed by atoms with van der Waals surface area (Å²) < 4.78 is 1.72. The van der Waals surface area contributed by atoms with E-state index in [2.05, 4.69) is 13.0 Å². The number of para-hydroxylation sites is 1. The highest BCUT2D eigenvalue weighted by atomic mass is 32.2. The summed E-state index contributed by atoms with van der Waals surface area (Å²) in [5, 5.41) is 10.3. The van der Waals surface area contributed by atoms with Crippen molar-refractivity contribution in [2.75, 3.05) is 5.75 Å². The van der Waals surface area contributed by atoms with E-state index >= 15 is 0 Å². The minimum Gasteiger partial charge on any atom is -0.268 e. The number of thioether (sulfide) groups is 1. The van der Waals surface area contributed by atoms with E-state index in [-0.39, 0.29) is 5.56 Å². The van der Waals surface area contributed by atoms with Crippen molar-refractivity contribution in [2.24, 2.45) is 5.92 Å². The highest BCUT2D eigenvalue weighted by molar-refractivity contribution is 7.99. The lowest BCUT2D eigenvalue weighted by atomic mass is 9.89. The molecule has 0 spiro atoms. The first-order valence-corrected chi connectivity index (χ1v) is 10.6. The number of thiophene rings is 1. The molecular formula is C20H19N3OS2. The number of hydrogen-bond donors (Lipinski definition) is 0. The number of aryl methyl sites for hydroxylation is 1. The van der Waals surface area contributed by atoms with Crippen molar-refractivity contribution in [2.45, 2.75) is 37.8 Å². The number of aromatic nitrogens is 2. The van der Waals surface area contributed by atoms with Gasteiger partial charge in [0.05, 0.1) is 17.1 Å². The molecule has 0 amide bonds. The van der Waals surface area contributed by atoms with Crippen LogP contribution in [-0.4, -0.2) is 15.3 Å². The average Bonchev–Trinajstić information content (AvgIpc) is 3.00. The highest BCUT2D eigenvalue weighted by Gasteiger charge is 2.25. The van der Waals surface area contributed by atoms with Gasteiger partial charge in [-0.05, 0) is 42.9 Å². The number of nitrogens with zero attached hydrogens (tertiary/aromatic N) is 3. The molecule has 0 bridgehead atoms. The molecule has 0 radical (unpaired) electrons. The van der Waals surface area contributed by atoms with Crippen molar-refractivity contribution in [3.63, 3.8) is 0 Å². The van der Waals surface area contributed by atoms with Gasteiger partial charge in [-0.1, -0.05) is 36.9 Å². The Labute approximate surface area is 160 Å². The summed E-state index contributed by atoms with van der Waals surface area (Å²) in [5.41, 5.74) is 2.06. The van der Waals surface area contributed by atoms with Crippen molar-refractivity contribution in [1.82, 2.24) is 9.55 Å². The van der Waals surface area contributed by atoms with Crippen LogP contribution in [0.2, 0.25) is 0 Å². The van der Waals surface area contributed by atoms with Crippen LogP contribution in [-0.2, 0) is 12.8 Å². The molecule has 1 aromatic carbocycles. The van der Waals surface area contributed by atoms with Crippen LogP contribution in [0, 0.1) is 17.2 Å². The van der Waals surface area contributed by atoms with Gasteiger partial charge in [-0.2, -0.15) is 5.26 Å². The molecule has 0 unspecified atom stereocenters. The van der Waals surface area contributed by atoms with Gasteiger partial charge in [0.25, 0.3) is 5.56 Å². The third-order valence-electron chi connectivity index (χ3n) is 4.76. The van der Waals surface area contributed by atoms with Gasteiger partial charge in [0, 0.05) is 17.1 Å². The van der Waals surface area contributed by atoms with E-state index in [1.807, 2.05) is 30.3 Å². The van der Waals surface area contributed by atoms with Gasteiger partial charge < -0.3 is 0 Å². The zero-order valence-electron chi connectivity index (χ0n) is 14.6. The summed E-state index contributed by atoms with van der Waals surface area (Å²) in [6.07, 6.45) is 3.56. The lowest BCUT2D eigenvalue weighted by molar-refractivity contribution is 0.509. The molecule has 0 saturated carbocycles. The molecule has 2 aromatic heterocycles. The molecule has 3 aromatic rings. The van der Waals surface area contributed by atoms with Gasteiger partial charge in [0.1, 0.15) is 4.83 Å². The molecule has 1 aliphatic carbocycles. The lowest BCUT2D eigenvalue weighted by Gasteiger charge is -2.17. The first-order chi connectivity index (χ1) is 12.7. The van der Waals surface area contributed by atoms with E-state index in [0.29, 0.717) is 23.2 Å². The highest BCUT2D eigenvalue weighted by Crippen LogP contribution is 2.37. The minimum absolute atomic E-state index is 0.0210. The summed E-state index contributed by atoms with van der Waals surface area (Å²) >= 11 is 3.15. The van der Waals surface area contributed by atoms with Crippen LogP contribution in [0.15, 0.2) is 40.3 Å². The summed E-state index contributed by atoms with van der Waals surface area (Å²) in [4.78, 5) is 20.5. The summed E-state index contributed by atoms with van der Waals surface area (Å²) in [7, 11) is 0. The Kier molecular flexibility index (Phi) is 4.84. The van der Waals surface area contributed by atoms with Crippen LogP contribution in [0.3, 0.4) is 0 Å². The Morgan fingerprint density at radius 2 is 2.19 bits per heavy atom. The number of nitriles is 1. The van der Waals surface area contributed by atoms with Crippen LogP contribution in [0.4, 0.5) is 0 Å². The Hall–Kier alpha value is -2.10. The van der Waals surface area contributed by atoms with Crippen LogP contribution in [0.1, 0.15) is 30.2 Å². The first-order valence-electron chi connectivity index (χ1n) is 8.81. The van der Waals surface area contributed by atoms with E-state index in [9.17, 15) is 4.79 Å². The standard InChI is InChI=1S/C20H19N3OS2/c1-13-8-9-15-16(12-13)26-18-17(15)19(24)23(14-6-3-2-4-7-14)20(22-18)25-11-5-10-21/h2-4,6-7,13H,5,8-9,11-12H2,1H3/t13-/m1/s1. The predicted molar refractivity (Wildman–Crippen MR) is 107 cm³/mol. The van der Waals surface area contributed by atoms with Gasteiger partial charge in [0.2, 0.25) is 0 Å². The maximum absolute atomic E-state index is 13.4. The van der Waals surface area contributed by atoms with E-state index in [0.717, 1.165) is 35.2 Å². The van der Waals surface area contributed by atoms with Crippen LogP contribution < -0.4 is 5.56 Å². The van der Waals surface area contributed by atoms with Crippen molar-refractivity contribution >= 4 is 33.3 Å². The van der Waals surface area contributed by atoms with Crippen molar-refractivity contribution in [3.05, 3.63) is 51.1 Å². The third-order valence-corrected chi connectivity index (χ3v) is 6.85. The van der Waals surface area contributed by atoms with Gasteiger partial charge >= 0.3 is 0 Å². The second-order valence-corrected chi connectivity index (χ2v) is 8.80. The molecule has 0 fully saturated rings. The van der Waals surface area contributed by atoms with E-state index < -0.39 is 0 Å². The molecule has 2 heterocycles. The minimum atomic E-state index is 0.0210. The maximum Gasteiger partial charge on any atom is 0.267 e. The summed E-state index contributed by atoms with van der Waals surface area (Å²) in [5.74, 6) is 1.29. The largest absolute Gasteiger partial charge is 0.268 e. The maximum atomic E-state index is 13.4. The normalized spacial score (nSPS) is 16.4. The van der Waals surface area contributed by atoms with E-state index in [1.165, 1.54) is 22.2 Å². The molecule has 0 aliphatic heterocycles. The fraction of sp³-hybridized carbons (Fsp3) is 0.350. The smallest absolute Gasteiger partial charge is 0.267 e. The van der Waals surface area contributed by atoms with E-state index in [1.54, 1.807) is 15.9 Å². The predicted octanol–water partition coefficient (Wildman–Crippen LogP) is 4.58.